The van der Waals surface area contributed by atoms with Crippen molar-refractivity contribution in [3.63, 3.8) is 0 Å². The fourth-order valence-electron chi connectivity index (χ4n) is 2.14. The Bertz CT molecular complexity index is 784. The number of carbonyl (C=O) groups is 4. The van der Waals surface area contributed by atoms with Crippen LogP contribution in [-0.4, -0.2) is 103 Å². The third-order valence-corrected chi connectivity index (χ3v) is 3.99. The zero-order valence-corrected chi connectivity index (χ0v) is 22.5. The lowest BCUT2D eigenvalue weighted by molar-refractivity contribution is -0.132. The average Bonchev–Trinajstić information content (AvgIpc) is 2.93. The minimum absolute atomic E-state index is 0. The van der Waals surface area contributed by atoms with Crippen LogP contribution in [0, 0.1) is 11.8 Å². The number of hydrogen-bond acceptors (Lipinski definition) is 14. The van der Waals surface area contributed by atoms with Gasteiger partial charge in [0.25, 0.3) is 0 Å². The molecule has 14 nitrogen and oxygen atoms in total. The first-order valence-corrected chi connectivity index (χ1v) is 10.9. The van der Waals surface area contributed by atoms with Crippen molar-refractivity contribution in [3.8, 4) is 11.5 Å². The predicted octanol–water partition coefficient (Wildman–Crippen LogP) is 0.670. The molecule has 0 fully saturated rings. The van der Waals surface area contributed by atoms with E-state index in [1.807, 2.05) is 19.6 Å². The number of aromatic hydroxyl groups is 2. The van der Waals surface area contributed by atoms with Crippen LogP contribution < -0.4 is 0 Å². The molecule has 248 valence electrons. The summed E-state index contributed by atoms with van der Waals surface area (Å²) in [5.41, 5.74) is 0.883. The first-order chi connectivity index (χ1) is 18.1. The van der Waals surface area contributed by atoms with E-state index in [1.54, 1.807) is 42.5 Å². The molecule has 0 amide bonds. The second-order valence-electron chi connectivity index (χ2n) is 7.01. The summed E-state index contributed by atoms with van der Waals surface area (Å²) in [5.74, 6) is -1.83. The standard InChI is InChI=1S/C8H10O3.C7H14O5.C6H6O.C3H6O.2CH2O.2CH4.2H2O/c9-4-6-2-1-3-7(5-10)8(6)11;8-1-5(2-9)7(12)6(3-10)4-11;7-6-4-2-1-3-5-6;1-3(2)4;2*1-2;;;;/h1-3,9-11H,4-5H2;5-6,8-11H,1-4H2;1-5,7H;1-2H3;2*1H2;2*1H4;2*1H2/p-2. The number of para-hydroxylation sites is 2. The molecular formula is C28H50O14-2. The van der Waals surface area contributed by atoms with Crippen LogP contribution in [-0.2, 0) is 32.4 Å². The molecule has 10 N–H and O–H groups in total. The minimum atomic E-state index is -0.894. The Morgan fingerprint density at radius 3 is 1.10 bits per heavy atom. The van der Waals surface area contributed by atoms with Gasteiger partial charge in [0.1, 0.15) is 36.6 Å². The van der Waals surface area contributed by atoms with Gasteiger partial charge in [-0.05, 0) is 26.0 Å². The number of ketones is 2. The van der Waals surface area contributed by atoms with Gasteiger partial charge in [0.05, 0.1) is 51.5 Å². The summed E-state index contributed by atoms with van der Waals surface area (Å²) in [6.07, 6.45) is 0. The normalized spacial score (nSPS) is 8.05. The van der Waals surface area contributed by atoms with Crippen molar-refractivity contribution in [2.24, 2.45) is 11.8 Å². The molecule has 0 atom stereocenters. The van der Waals surface area contributed by atoms with Crippen LogP contribution in [0.25, 0.3) is 0 Å². The zero-order chi connectivity index (χ0) is 30.5. The molecule has 2 rings (SSSR count). The Kier molecular flexibility index (Phi) is 57.9. The number of Topliss-reactive ketones (excluding diaryl/α,β-unsaturated/α-hetero) is 2. The van der Waals surface area contributed by atoms with E-state index in [1.165, 1.54) is 13.8 Å². The van der Waals surface area contributed by atoms with Crippen molar-refractivity contribution in [2.45, 2.75) is 41.9 Å². The van der Waals surface area contributed by atoms with E-state index in [4.69, 9.17) is 45.3 Å². The predicted molar refractivity (Wildman–Crippen MR) is 156 cm³/mol. The van der Waals surface area contributed by atoms with Gasteiger partial charge in [0.15, 0.2) is 0 Å². The van der Waals surface area contributed by atoms with Crippen LogP contribution in [0.2, 0.25) is 0 Å². The fraction of sp³-hybridized carbons (Fsp3) is 0.429. The van der Waals surface area contributed by atoms with Crippen molar-refractivity contribution < 1.29 is 71.0 Å². The van der Waals surface area contributed by atoms with Crippen LogP contribution in [0.4, 0.5) is 0 Å². The number of benzene rings is 2. The quantitative estimate of drug-likeness (QED) is 0.204. The Hall–Kier alpha value is -3.60. The molecule has 2 aromatic carbocycles. The van der Waals surface area contributed by atoms with Crippen LogP contribution in [0.15, 0.2) is 48.5 Å². The number of carbonyl (C=O) groups excluding carboxylic acids is 4. The van der Waals surface area contributed by atoms with E-state index >= 15 is 0 Å². The first kappa shape index (κ1) is 58.1. The lowest BCUT2D eigenvalue weighted by atomic mass is 9.95. The highest BCUT2D eigenvalue weighted by molar-refractivity contribution is 5.83. The topological polar surface area (TPSA) is 290 Å². The molecule has 2 aromatic rings. The van der Waals surface area contributed by atoms with E-state index in [9.17, 15) is 14.7 Å². The number of phenolic OH excluding ortho intramolecular Hbond substituents is 1. The van der Waals surface area contributed by atoms with Crippen molar-refractivity contribution in [1.29, 1.82) is 0 Å². The Morgan fingerprint density at radius 1 is 0.619 bits per heavy atom. The van der Waals surface area contributed by atoms with Gasteiger partial charge in [-0.1, -0.05) is 51.3 Å². The van der Waals surface area contributed by atoms with Gasteiger partial charge in [-0.2, -0.15) is 0 Å². The summed E-state index contributed by atoms with van der Waals surface area (Å²) in [7, 11) is 0. The lowest BCUT2D eigenvalue weighted by Gasteiger charge is -2.15. The molecule has 0 unspecified atom stereocenters. The van der Waals surface area contributed by atoms with Gasteiger partial charge >= 0.3 is 0 Å². The van der Waals surface area contributed by atoms with Crippen molar-refractivity contribution in [2.75, 3.05) is 26.4 Å². The van der Waals surface area contributed by atoms with Crippen LogP contribution >= 0.6 is 0 Å². The maximum Gasteiger partial charge on any atom is 0.148 e. The lowest BCUT2D eigenvalue weighted by Crippen LogP contribution is -2.32. The molecule has 0 bridgehead atoms. The van der Waals surface area contributed by atoms with E-state index in [2.05, 4.69) is 0 Å². The van der Waals surface area contributed by atoms with Crippen molar-refractivity contribution in [1.82, 2.24) is 0 Å². The third kappa shape index (κ3) is 30.9. The smallest absolute Gasteiger partial charge is 0.148 e. The Morgan fingerprint density at radius 2 is 0.905 bits per heavy atom. The molecule has 42 heavy (non-hydrogen) atoms. The van der Waals surface area contributed by atoms with Gasteiger partial charge in [-0.3, -0.25) is 4.79 Å². The summed E-state index contributed by atoms with van der Waals surface area (Å²) < 4.78 is 0. The molecule has 0 heterocycles. The van der Waals surface area contributed by atoms with Crippen LogP contribution in [0.1, 0.15) is 39.8 Å². The average molecular weight is 611 g/mol. The highest BCUT2D eigenvalue weighted by Crippen LogP contribution is 2.21. The Balaban J connectivity index is -0.0000000595. The molecule has 0 aliphatic carbocycles. The Labute approximate surface area is 247 Å². The zero-order valence-electron chi connectivity index (χ0n) is 22.5. The molecule has 0 spiro atoms. The van der Waals surface area contributed by atoms with Crippen molar-refractivity contribution in [3.05, 3.63) is 59.7 Å². The second kappa shape index (κ2) is 41.9. The van der Waals surface area contributed by atoms with Gasteiger partial charge in [-0.25, -0.2) is 0 Å². The highest BCUT2D eigenvalue weighted by Gasteiger charge is 2.24. The van der Waals surface area contributed by atoms with Gasteiger partial charge in [-0.15, -0.1) is 0 Å². The highest BCUT2D eigenvalue weighted by atomic mass is 16.3. The first-order valence-electron chi connectivity index (χ1n) is 10.9. The van der Waals surface area contributed by atoms with E-state index in [-0.39, 0.29) is 50.6 Å². The van der Waals surface area contributed by atoms with Gasteiger partial charge in [0, 0.05) is 11.1 Å². The van der Waals surface area contributed by atoms with Gasteiger partial charge < -0.3 is 66.2 Å². The SMILES string of the molecule is C.C.C=O.C=O.CC(C)=O.O=C(C(CO)CO)C(CO)CO.OCc1cccc(CO)c1O.Oc1ccccc1.[OH-].[OH-]. The number of phenols is 2. The minimum Gasteiger partial charge on any atom is -0.870 e. The fourth-order valence-corrected chi connectivity index (χ4v) is 2.14. The summed E-state index contributed by atoms with van der Waals surface area (Å²) in [6, 6.07) is 13.6. The molecule has 0 saturated heterocycles. The molecular weight excluding hydrogens is 560 g/mol. The molecule has 0 aromatic heterocycles. The number of aliphatic hydroxyl groups excluding tert-OH is 6. The molecule has 0 radical (unpaired) electrons. The number of aliphatic hydroxyl groups is 6. The van der Waals surface area contributed by atoms with Gasteiger partial charge in [0.2, 0.25) is 0 Å². The third-order valence-electron chi connectivity index (χ3n) is 3.99. The maximum absolute atomic E-state index is 11.1. The van der Waals surface area contributed by atoms with E-state index in [0.717, 1.165) is 0 Å². The summed E-state index contributed by atoms with van der Waals surface area (Å²) >= 11 is 0. The largest absolute Gasteiger partial charge is 0.870 e. The molecule has 0 saturated carbocycles. The van der Waals surface area contributed by atoms with Crippen LogP contribution in [0.3, 0.4) is 0 Å². The summed E-state index contributed by atoms with van der Waals surface area (Å²) in [4.78, 5) is 36.6. The number of rotatable bonds is 8. The number of hydrogen-bond donors (Lipinski definition) is 8. The monoisotopic (exact) mass is 610 g/mol. The summed E-state index contributed by atoms with van der Waals surface area (Å²) in [6.45, 7) is 4.77. The van der Waals surface area contributed by atoms with Crippen LogP contribution in [0.5, 0.6) is 11.5 Å². The second-order valence-corrected chi connectivity index (χ2v) is 7.01. The van der Waals surface area contributed by atoms with Crippen molar-refractivity contribution >= 4 is 25.1 Å². The molecule has 14 heteroatoms. The van der Waals surface area contributed by atoms with E-state index < -0.39 is 44.0 Å². The van der Waals surface area contributed by atoms with E-state index in [0.29, 0.717) is 16.9 Å². The summed E-state index contributed by atoms with van der Waals surface area (Å²) in [5, 5.41) is 69.7. The maximum atomic E-state index is 11.1. The molecule has 0 aliphatic rings. The molecule has 0 aliphatic heterocycles.